The van der Waals surface area contributed by atoms with Crippen LogP contribution in [0.15, 0.2) is 30.3 Å². The van der Waals surface area contributed by atoms with Crippen molar-refractivity contribution >= 4 is 0 Å². The van der Waals surface area contributed by atoms with Crippen LogP contribution >= 0.6 is 0 Å². The van der Waals surface area contributed by atoms with E-state index in [4.69, 9.17) is 43.6 Å². The fourth-order valence-electron chi connectivity index (χ4n) is 6.46. The summed E-state index contributed by atoms with van der Waals surface area (Å²) in [4.78, 5) is 0. The third kappa shape index (κ3) is 8.75. The lowest BCUT2D eigenvalue weighted by atomic mass is 9.95. The number of hydrogen-bond donors (Lipinski definition) is 13. The van der Waals surface area contributed by atoms with Crippen molar-refractivity contribution in [2.75, 3.05) is 26.4 Å². The van der Waals surface area contributed by atoms with Crippen molar-refractivity contribution in [2.45, 2.75) is 129 Å². The standard InChI is InChI=1S/C31H49NO20/c32-16-26(51-30-22(42)20(40)17(37)12(6-33)47-30)18(38)13(7-34)46-28(16)52-27-19(39)14(8-35)48-31(24(27)44)50-25-15(9-36)49-29(23(43)21(25)41)45-10-11-4-2-1-3-5-11/h1-5,12-31,33-44H,6-10,32H2/t12?,13?,14?,15?,16?,17-,18+,19-,20-,21+,22?,23?,24?,25+,26+,27-,28-,29+,30-,31-/m0/s1. The van der Waals surface area contributed by atoms with Gasteiger partial charge in [-0.2, -0.15) is 0 Å². The Kier molecular flexibility index (Phi) is 14.7. The Morgan fingerprint density at radius 2 is 0.923 bits per heavy atom. The predicted octanol–water partition coefficient (Wildman–Crippen LogP) is -7.56. The summed E-state index contributed by atoms with van der Waals surface area (Å²) in [5.74, 6) is 0. The second kappa shape index (κ2) is 18.3. The lowest BCUT2D eigenvalue weighted by molar-refractivity contribution is -0.380. The number of hydrogen-bond acceptors (Lipinski definition) is 21. The van der Waals surface area contributed by atoms with Gasteiger partial charge in [-0.25, -0.2) is 0 Å². The zero-order valence-electron chi connectivity index (χ0n) is 27.7. The lowest BCUT2D eigenvalue weighted by Crippen LogP contribution is -2.69. The van der Waals surface area contributed by atoms with E-state index < -0.39 is 149 Å². The Hall–Kier alpha value is -1.62. The van der Waals surface area contributed by atoms with Crippen LogP contribution in [-0.4, -0.2) is 210 Å². The molecular weight excluding hydrogens is 706 g/mol. The first-order valence-corrected chi connectivity index (χ1v) is 16.7. The van der Waals surface area contributed by atoms with Crippen LogP contribution in [0.4, 0.5) is 0 Å². The normalized spacial score (nSPS) is 47.3. The SMILES string of the molecule is NC1[C@H](O[C@@H]2C(O)[C@H](O[C@@H]3C(CO)O[C@@H](OCc4ccccc4)C(O)[C@H]3O)OC(CO)[C@@H]2O)OC(CO)[C@@H](O)[C@@H]1O[C@@H]1OC(CO)[C@H](O)[C@H](O)C1O. The summed E-state index contributed by atoms with van der Waals surface area (Å²) < 4.78 is 45.1. The van der Waals surface area contributed by atoms with Gasteiger partial charge in [0, 0.05) is 0 Å². The summed E-state index contributed by atoms with van der Waals surface area (Å²) in [5, 5.41) is 125. The topological polar surface area (TPSA) is 343 Å². The van der Waals surface area contributed by atoms with Gasteiger partial charge in [-0.05, 0) is 5.56 Å². The number of aliphatic hydroxyl groups excluding tert-OH is 12. The maximum absolute atomic E-state index is 11.3. The van der Waals surface area contributed by atoms with E-state index in [1.54, 1.807) is 30.3 Å². The molecule has 8 unspecified atom stereocenters. The largest absolute Gasteiger partial charge is 0.394 e. The van der Waals surface area contributed by atoms with Gasteiger partial charge in [0.2, 0.25) is 0 Å². The van der Waals surface area contributed by atoms with Gasteiger partial charge < -0.3 is 105 Å². The highest BCUT2D eigenvalue weighted by atomic mass is 16.8. The molecule has 0 aromatic heterocycles. The third-order valence-electron chi connectivity index (χ3n) is 9.52. The zero-order chi connectivity index (χ0) is 37.9. The van der Waals surface area contributed by atoms with Crippen molar-refractivity contribution < 1.29 is 99.2 Å². The van der Waals surface area contributed by atoms with Crippen molar-refractivity contribution in [1.82, 2.24) is 0 Å². The molecule has 0 saturated carbocycles. The van der Waals surface area contributed by atoms with Crippen molar-refractivity contribution in [2.24, 2.45) is 5.73 Å². The van der Waals surface area contributed by atoms with E-state index in [9.17, 15) is 61.3 Å². The molecule has 4 aliphatic rings. The van der Waals surface area contributed by atoms with Gasteiger partial charge in [0.1, 0.15) is 91.6 Å². The van der Waals surface area contributed by atoms with Crippen molar-refractivity contribution in [3.63, 3.8) is 0 Å². The number of aliphatic hydroxyl groups is 12. The Labute approximate surface area is 296 Å². The minimum absolute atomic E-state index is 0.00749. The average molecular weight is 756 g/mol. The summed E-state index contributed by atoms with van der Waals surface area (Å²) >= 11 is 0. The van der Waals surface area contributed by atoms with Crippen LogP contribution in [0.25, 0.3) is 0 Å². The van der Waals surface area contributed by atoms with E-state index in [1.807, 2.05) is 0 Å². The predicted molar refractivity (Wildman–Crippen MR) is 165 cm³/mol. The summed E-state index contributed by atoms with van der Waals surface area (Å²) in [6.07, 6.45) is -31.7. The molecule has 4 fully saturated rings. The van der Waals surface area contributed by atoms with E-state index in [-0.39, 0.29) is 6.61 Å². The van der Waals surface area contributed by atoms with E-state index >= 15 is 0 Å². The Morgan fingerprint density at radius 1 is 0.462 bits per heavy atom. The first kappa shape index (κ1) is 41.5. The van der Waals surface area contributed by atoms with Gasteiger partial charge in [-0.3, -0.25) is 0 Å². The minimum atomic E-state index is -1.96. The summed E-state index contributed by atoms with van der Waals surface area (Å²) in [7, 11) is 0. The molecule has 21 nitrogen and oxygen atoms in total. The highest BCUT2D eigenvalue weighted by Gasteiger charge is 2.55. The monoisotopic (exact) mass is 755 g/mol. The van der Waals surface area contributed by atoms with Crippen LogP contribution in [0, 0.1) is 0 Å². The Bertz CT molecular complexity index is 1220. The van der Waals surface area contributed by atoms with E-state index in [0.29, 0.717) is 0 Å². The molecule has 0 bridgehead atoms. The third-order valence-corrected chi connectivity index (χ3v) is 9.52. The molecule has 298 valence electrons. The Morgan fingerprint density at radius 3 is 1.52 bits per heavy atom. The fraction of sp³-hybridized carbons (Fsp3) is 0.806. The maximum Gasteiger partial charge on any atom is 0.187 e. The number of benzene rings is 1. The molecule has 20 atom stereocenters. The quantitative estimate of drug-likeness (QED) is 0.0889. The molecule has 14 N–H and O–H groups in total. The second-order valence-electron chi connectivity index (χ2n) is 13.0. The van der Waals surface area contributed by atoms with Gasteiger partial charge in [0.15, 0.2) is 25.2 Å². The van der Waals surface area contributed by atoms with Crippen LogP contribution < -0.4 is 5.73 Å². The molecule has 0 amide bonds. The second-order valence-corrected chi connectivity index (χ2v) is 13.0. The fourth-order valence-corrected chi connectivity index (χ4v) is 6.46. The molecule has 4 aliphatic heterocycles. The van der Waals surface area contributed by atoms with E-state index in [0.717, 1.165) is 5.56 Å². The summed E-state index contributed by atoms with van der Waals surface area (Å²) in [6.45, 7) is -3.23. The number of nitrogens with two attached hydrogens (primary N) is 1. The van der Waals surface area contributed by atoms with Crippen LogP contribution in [0.3, 0.4) is 0 Å². The Balaban J connectivity index is 1.29. The lowest BCUT2D eigenvalue weighted by Gasteiger charge is -2.49. The molecule has 1 aromatic carbocycles. The maximum atomic E-state index is 11.3. The molecule has 0 radical (unpaired) electrons. The molecule has 0 aliphatic carbocycles. The molecular formula is C31H49NO20. The summed E-state index contributed by atoms with van der Waals surface area (Å²) in [6, 6.07) is 7.32. The van der Waals surface area contributed by atoms with Crippen molar-refractivity contribution in [1.29, 1.82) is 0 Å². The molecule has 0 spiro atoms. The van der Waals surface area contributed by atoms with Gasteiger partial charge in [0.25, 0.3) is 0 Å². The van der Waals surface area contributed by atoms with Gasteiger partial charge >= 0.3 is 0 Å². The van der Waals surface area contributed by atoms with Crippen LogP contribution in [0.5, 0.6) is 0 Å². The van der Waals surface area contributed by atoms with Gasteiger partial charge in [-0.1, -0.05) is 30.3 Å². The first-order chi connectivity index (χ1) is 24.8. The molecule has 5 rings (SSSR count). The zero-order valence-corrected chi connectivity index (χ0v) is 27.7. The summed E-state index contributed by atoms with van der Waals surface area (Å²) in [5.41, 5.74) is 7.05. The number of ether oxygens (including phenoxy) is 8. The molecule has 4 saturated heterocycles. The molecule has 21 heteroatoms. The van der Waals surface area contributed by atoms with E-state index in [1.165, 1.54) is 0 Å². The molecule has 52 heavy (non-hydrogen) atoms. The van der Waals surface area contributed by atoms with Crippen molar-refractivity contribution in [3.05, 3.63) is 35.9 Å². The molecule has 1 aromatic rings. The highest BCUT2D eigenvalue weighted by Crippen LogP contribution is 2.34. The first-order valence-electron chi connectivity index (χ1n) is 16.7. The van der Waals surface area contributed by atoms with E-state index in [2.05, 4.69) is 0 Å². The van der Waals surface area contributed by atoms with Crippen LogP contribution in [-0.2, 0) is 44.5 Å². The van der Waals surface area contributed by atoms with Crippen LogP contribution in [0.2, 0.25) is 0 Å². The smallest absolute Gasteiger partial charge is 0.187 e. The van der Waals surface area contributed by atoms with Crippen LogP contribution in [0.1, 0.15) is 5.56 Å². The van der Waals surface area contributed by atoms with Gasteiger partial charge in [0.05, 0.1) is 39.1 Å². The van der Waals surface area contributed by atoms with Gasteiger partial charge in [-0.15, -0.1) is 0 Å². The minimum Gasteiger partial charge on any atom is -0.394 e. The highest BCUT2D eigenvalue weighted by molar-refractivity contribution is 5.13. The number of rotatable bonds is 13. The average Bonchev–Trinajstić information content (AvgIpc) is 3.15. The van der Waals surface area contributed by atoms with Crippen molar-refractivity contribution in [3.8, 4) is 0 Å². The molecule has 4 heterocycles.